The van der Waals surface area contributed by atoms with Gasteiger partial charge in [0, 0.05) is 32.7 Å². The van der Waals surface area contributed by atoms with Crippen molar-refractivity contribution in [1.29, 1.82) is 0 Å². The number of hydrogen-bond acceptors (Lipinski definition) is 4. The lowest BCUT2D eigenvalue weighted by Gasteiger charge is -2.35. The maximum absolute atomic E-state index is 12.5. The first-order valence-electron chi connectivity index (χ1n) is 9.80. The van der Waals surface area contributed by atoms with Gasteiger partial charge in [-0.25, -0.2) is 4.79 Å². The van der Waals surface area contributed by atoms with Crippen molar-refractivity contribution in [2.45, 2.75) is 33.2 Å². The van der Waals surface area contributed by atoms with Crippen LogP contribution in [-0.4, -0.2) is 67.6 Å². The Morgan fingerprint density at radius 2 is 1.93 bits per heavy atom. The Bertz CT molecular complexity index is 615. The van der Waals surface area contributed by atoms with Gasteiger partial charge in [0.2, 0.25) is 5.91 Å². The molecule has 2 rings (SSSR count). The van der Waals surface area contributed by atoms with E-state index in [4.69, 9.17) is 4.74 Å². The lowest BCUT2D eigenvalue weighted by molar-refractivity contribution is -0.122. The van der Waals surface area contributed by atoms with Gasteiger partial charge in [0.05, 0.1) is 19.2 Å². The summed E-state index contributed by atoms with van der Waals surface area (Å²) in [7, 11) is 0. The minimum atomic E-state index is -0.101. The Morgan fingerprint density at radius 3 is 2.59 bits per heavy atom. The van der Waals surface area contributed by atoms with E-state index < -0.39 is 0 Å². The van der Waals surface area contributed by atoms with Crippen LogP contribution in [0.25, 0.3) is 0 Å². The highest BCUT2D eigenvalue weighted by atomic mass is 16.5. The molecular formula is C20H32N4O3. The molecule has 0 bridgehead atoms. The van der Waals surface area contributed by atoms with Gasteiger partial charge in [-0.15, -0.1) is 0 Å². The highest BCUT2D eigenvalue weighted by Gasteiger charge is 2.23. The standard InChI is InChI=1S/C20H32N4O3/c1-4-9-21-19(25)15-23-10-12-24(13-11-23)20(26)22-16(3)17-7-6-8-18(14-17)27-5-2/h6-8,14,16H,4-5,9-13,15H2,1-3H3,(H,21,25)(H,22,26). The number of nitrogens with zero attached hydrogens (tertiary/aromatic N) is 2. The first kappa shape index (κ1) is 21.0. The first-order chi connectivity index (χ1) is 13.0. The van der Waals surface area contributed by atoms with Gasteiger partial charge in [-0.1, -0.05) is 19.1 Å². The summed E-state index contributed by atoms with van der Waals surface area (Å²) in [5.41, 5.74) is 1.01. The Labute approximate surface area is 162 Å². The normalized spacial score (nSPS) is 15.9. The summed E-state index contributed by atoms with van der Waals surface area (Å²) in [6.07, 6.45) is 0.936. The third-order valence-corrected chi connectivity index (χ3v) is 4.61. The molecule has 1 saturated heterocycles. The van der Waals surface area contributed by atoms with Crippen LogP contribution in [-0.2, 0) is 4.79 Å². The molecule has 0 aromatic heterocycles. The van der Waals surface area contributed by atoms with E-state index in [9.17, 15) is 9.59 Å². The second-order valence-corrected chi connectivity index (χ2v) is 6.79. The summed E-state index contributed by atoms with van der Waals surface area (Å²) in [5, 5.41) is 5.94. The molecular weight excluding hydrogens is 344 g/mol. The van der Waals surface area contributed by atoms with Gasteiger partial charge in [-0.3, -0.25) is 9.69 Å². The van der Waals surface area contributed by atoms with Crippen molar-refractivity contribution in [3.63, 3.8) is 0 Å². The maximum Gasteiger partial charge on any atom is 0.317 e. The van der Waals surface area contributed by atoms with Gasteiger partial charge in [0.1, 0.15) is 5.75 Å². The van der Waals surface area contributed by atoms with Crippen LogP contribution < -0.4 is 15.4 Å². The van der Waals surface area contributed by atoms with Crippen LogP contribution in [0.5, 0.6) is 5.75 Å². The predicted octanol–water partition coefficient (Wildman–Crippen LogP) is 2.00. The molecule has 1 aromatic rings. The topological polar surface area (TPSA) is 73.9 Å². The zero-order valence-corrected chi connectivity index (χ0v) is 16.7. The average molecular weight is 377 g/mol. The predicted molar refractivity (Wildman–Crippen MR) is 106 cm³/mol. The van der Waals surface area contributed by atoms with Gasteiger partial charge in [-0.2, -0.15) is 0 Å². The Kier molecular flexibility index (Phi) is 8.39. The lowest BCUT2D eigenvalue weighted by Crippen LogP contribution is -2.53. The summed E-state index contributed by atoms with van der Waals surface area (Å²) in [5.74, 6) is 0.864. The quantitative estimate of drug-likeness (QED) is 0.728. The Balaban J connectivity index is 1.78. The molecule has 1 heterocycles. The van der Waals surface area contributed by atoms with Crippen LogP contribution >= 0.6 is 0 Å². The molecule has 150 valence electrons. The molecule has 27 heavy (non-hydrogen) atoms. The number of urea groups is 1. The molecule has 1 aliphatic heterocycles. The number of rotatable bonds is 8. The minimum absolute atomic E-state index is 0.0533. The van der Waals surface area contributed by atoms with Crippen LogP contribution in [0.3, 0.4) is 0 Å². The molecule has 7 nitrogen and oxygen atoms in total. The van der Waals surface area contributed by atoms with Gasteiger partial charge >= 0.3 is 6.03 Å². The molecule has 2 N–H and O–H groups in total. The largest absolute Gasteiger partial charge is 0.494 e. The monoisotopic (exact) mass is 376 g/mol. The van der Waals surface area contributed by atoms with Gasteiger partial charge in [0.25, 0.3) is 0 Å². The SMILES string of the molecule is CCCNC(=O)CN1CCN(C(=O)NC(C)c2cccc(OCC)c2)CC1. The lowest BCUT2D eigenvalue weighted by atomic mass is 10.1. The van der Waals surface area contributed by atoms with Gasteiger partial charge < -0.3 is 20.3 Å². The molecule has 7 heteroatoms. The Morgan fingerprint density at radius 1 is 1.19 bits per heavy atom. The summed E-state index contributed by atoms with van der Waals surface area (Å²) in [4.78, 5) is 28.3. The fourth-order valence-electron chi connectivity index (χ4n) is 3.03. The van der Waals surface area contributed by atoms with E-state index in [1.54, 1.807) is 0 Å². The van der Waals surface area contributed by atoms with Crippen molar-refractivity contribution < 1.29 is 14.3 Å². The second-order valence-electron chi connectivity index (χ2n) is 6.79. The number of ether oxygens (including phenoxy) is 1. The van der Waals surface area contributed by atoms with Crippen molar-refractivity contribution in [2.75, 3.05) is 45.9 Å². The van der Waals surface area contributed by atoms with Crippen LogP contribution in [0, 0.1) is 0 Å². The summed E-state index contributed by atoms with van der Waals surface area (Å²) < 4.78 is 5.52. The third kappa shape index (κ3) is 6.75. The highest BCUT2D eigenvalue weighted by Crippen LogP contribution is 2.19. The number of nitrogens with one attached hydrogen (secondary N) is 2. The fraction of sp³-hybridized carbons (Fsp3) is 0.600. The van der Waals surface area contributed by atoms with Crippen molar-refractivity contribution in [3.05, 3.63) is 29.8 Å². The zero-order chi connectivity index (χ0) is 19.6. The van der Waals surface area contributed by atoms with Crippen molar-refractivity contribution in [1.82, 2.24) is 20.4 Å². The number of amides is 3. The molecule has 1 aromatic carbocycles. The summed E-state index contributed by atoms with van der Waals surface area (Å²) in [6.45, 7) is 10.3. The van der Waals surface area contributed by atoms with E-state index in [2.05, 4.69) is 15.5 Å². The van der Waals surface area contributed by atoms with E-state index >= 15 is 0 Å². The minimum Gasteiger partial charge on any atom is -0.494 e. The average Bonchev–Trinajstić information content (AvgIpc) is 2.67. The number of carbonyl (C=O) groups excluding carboxylic acids is 2. The third-order valence-electron chi connectivity index (χ3n) is 4.61. The van der Waals surface area contributed by atoms with Gasteiger partial charge in [0.15, 0.2) is 0 Å². The van der Waals surface area contributed by atoms with E-state index in [-0.39, 0.29) is 18.0 Å². The van der Waals surface area contributed by atoms with Gasteiger partial charge in [-0.05, 0) is 38.0 Å². The number of carbonyl (C=O) groups is 2. The highest BCUT2D eigenvalue weighted by molar-refractivity contribution is 5.78. The number of piperazine rings is 1. The molecule has 0 aliphatic carbocycles. The van der Waals surface area contributed by atoms with E-state index in [0.717, 1.165) is 17.7 Å². The number of benzene rings is 1. The van der Waals surface area contributed by atoms with E-state index in [1.165, 1.54) is 0 Å². The zero-order valence-electron chi connectivity index (χ0n) is 16.7. The molecule has 1 atom stereocenters. The smallest absolute Gasteiger partial charge is 0.317 e. The van der Waals surface area contributed by atoms with Crippen LogP contribution in [0.2, 0.25) is 0 Å². The molecule has 0 saturated carbocycles. The number of hydrogen-bond donors (Lipinski definition) is 2. The molecule has 1 fully saturated rings. The molecule has 0 radical (unpaired) electrons. The first-order valence-corrected chi connectivity index (χ1v) is 9.80. The molecule has 0 spiro atoms. The van der Waals surface area contributed by atoms with Crippen molar-refractivity contribution in [3.8, 4) is 5.75 Å². The van der Waals surface area contributed by atoms with Crippen LogP contribution in [0.15, 0.2) is 24.3 Å². The molecule has 1 aliphatic rings. The summed E-state index contributed by atoms with van der Waals surface area (Å²) >= 11 is 0. The second kappa shape index (κ2) is 10.8. The maximum atomic E-state index is 12.5. The fourth-order valence-corrected chi connectivity index (χ4v) is 3.03. The van der Waals surface area contributed by atoms with Crippen LogP contribution in [0.1, 0.15) is 38.8 Å². The van der Waals surface area contributed by atoms with E-state index in [0.29, 0.717) is 45.9 Å². The molecule has 3 amide bonds. The molecule has 1 unspecified atom stereocenters. The van der Waals surface area contributed by atoms with Crippen LogP contribution in [0.4, 0.5) is 4.79 Å². The van der Waals surface area contributed by atoms with Crippen molar-refractivity contribution >= 4 is 11.9 Å². The van der Waals surface area contributed by atoms with E-state index in [1.807, 2.05) is 49.9 Å². The Hall–Kier alpha value is -2.28. The summed E-state index contributed by atoms with van der Waals surface area (Å²) in [6, 6.07) is 7.62. The van der Waals surface area contributed by atoms with Crippen molar-refractivity contribution in [2.24, 2.45) is 0 Å².